The number of aryl methyl sites for hydroxylation is 2. The predicted molar refractivity (Wildman–Crippen MR) is 61.3 cm³/mol. The van der Waals surface area contributed by atoms with E-state index in [0.717, 1.165) is 11.1 Å². The summed E-state index contributed by atoms with van der Waals surface area (Å²) in [7, 11) is 0. The third-order valence-electron chi connectivity index (χ3n) is 2.14. The first-order valence-electron chi connectivity index (χ1n) is 5.29. The first kappa shape index (κ1) is 13.2. The van der Waals surface area contributed by atoms with Crippen molar-refractivity contribution in [3.8, 4) is 0 Å². The van der Waals surface area contributed by atoms with E-state index in [0.29, 0.717) is 5.92 Å². The Morgan fingerprint density at radius 3 is 1.64 bits per heavy atom. The average molecular weight is 196 g/mol. The van der Waals surface area contributed by atoms with Gasteiger partial charge in [-0.05, 0) is 48.6 Å². The molecular weight excluding hydrogens is 175 g/mol. The lowest BCUT2D eigenvalue weighted by atomic mass is 9.93. The van der Waals surface area contributed by atoms with Crippen LogP contribution in [0.15, 0.2) is 12.1 Å². The van der Waals surface area contributed by atoms with Crippen molar-refractivity contribution in [2.45, 2.75) is 47.5 Å². The van der Waals surface area contributed by atoms with Gasteiger partial charge in [-0.25, -0.2) is 4.39 Å². The Morgan fingerprint density at radius 2 is 1.36 bits per heavy atom. The second-order valence-electron chi connectivity index (χ2n) is 3.61. The molecule has 0 aliphatic rings. The maximum absolute atomic E-state index is 12.9. The van der Waals surface area contributed by atoms with E-state index < -0.39 is 0 Å². The van der Waals surface area contributed by atoms with Crippen molar-refractivity contribution in [3.05, 3.63) is 34.6 Å². The molecule has 14 heavy (non-hydrogen) atoms. The Morgan fingerprint density at radius 1 is 1.00 bits per heavy atom. The summed E-state index contributed by atoms with van der Waals surface area (Å²) in [5.41, 5.74) is 3.39. The lowest BCUT2D eigenvalue weighted by Gasteiger charge is -2.13. The molecule has 0 amide bonds. The summed E-state index contributed by atoms with van der Waals surface area (Å²) in [6.45, 7) is 12.2. The van der Waals surface area contributed by atoms with Gasteiger partial charge in [0.1, 0.15) is 5.82 Å². The van der Waals surface area contributed by atoms with E-state index >= 15 is 0 Å². The summed E-state index contributed by atoms with van der Waals surface area (Å²) >= 11 is 0. The normalized spacial score (nSPS) is 9.71. The van der Waals surface area contributed by atoms with Crippen molar-refractivity contribution < 1.29 is 4.39 Å². The Labute approximate surface area is 87.2 Å². The molecule has 0 saturated heterocycles. The Bertz CT molecular complexity index is 264. The molecule has 0 heterocycles. The van der Waals surface area contributed by atoms with Crippen LogP contribution in [0.1, 0.15) is 50.3 Å². The summed E-state index contributed by atoms with van der Waals surface area (Å²) in [5, 5.41) is 0. The van der Waals surface area contributed by atoms with Crippen LogP contribution in [-0.4, -0.2) is 0 Å². The van der Waals surface area contributed by atoms with E-state index in [1.165, 1.54) is 5.56 Å². The van der Waals surface area contributed by atoms with Crippen molar-refractivity contribution in [2.24, 2.45) is 0 Å². The van der Waals surface area contributed by atoms with Gasteiger partial charge in [0, 0.05) is 0 Å². The molecule has 0 nitrogen and oxygen atoms in total. The highest BCUT2D eigenvalue weighted by molar-refractivity contribution is 5.36. The number of halogens is 1. The van der Waals surface area contributed by atoms with Gasteiger partial charge in [0.2, 0.25) is 0 Å². The molecule has 0 fully saturated rings. The van der Waals surface area contributed by atoms with Gasteiger partial charge in [-0.15, -0.1) is 0 Å². The van der Waals surface area contributed by atoms with E-state index in [4.69, 9.17) is 0 Å². The van der Waals surface area contributed by atoms with Crippen molar-refractivity contribution in [1.82, 2.24) is 0 Å². The molecule has 1 aromatic carbocycles. The topological polar surface area (TPSA) is 0 Å². The molecule has 1 heteroatoms. The quantitative estimate of drug-likeness (QED) is 0.616. The summed E-state index contributed by atoms with van der Waals surface area (Å²) < 4.78 is 12.9. The van der Waals surface area contributed by atoms with Crippen molar-refractivity contribution in [2.75, 3.05) is 0 Å². The number of hydrogen-bond donors (Lipinski definition) is 0. The maximum Gasteiger partial charge on any atom is 0.123 e. The van der Waals surface area contributed by atoms with Gasteiger partial charge in [0.25, 0.3) is 0 Å². The number of benzene rings is 1. The SMILES string of the molecule is CC.Cc1cc(F)cc(C)c1C(C)C. The first-order valence-corrected chi connectivity index (χ1v) is 5.29. The van der Waals surface area contributed by atoms with Crippen molar-refractivity contribution in [3.63, 3.8) is 0 Å². The molecule has 0 atom stereocenters. The largest absolute Gasteiger partial charge is 0.207 e. The van der Waals surface area contributed by atoms with Gasteiger partial charge < -0.3 is 0 Å². The maximum atomic E-state index is 12.9. The number of hydrogen-bond acceptors (Lipinski definition) is 0. The van der Waals surface area contributed by atoms with Crippen LogP contribution in [0.25, 0.3) is 0 Å². The highest BCUT2D eigenvalue weighted by Gasteiger charge is 2.07. The second-order valence-corrected chi connectivity index (χ2v) is 3.61. The zero-order valence-corrected chi connectivity index (χ0v) is 10.1. The molecule has 0 radical (unpaired) electrons. The highest BCUT2D eigenvalue weighted by Crippen LogP contribution is 2.23. The van der Waals surface area contributed by atoms with Gasteiger partial charge in [-0.3, -0.25) is 0 Å². The molecule has 0 bridgehead atoms. The van der Waals surface area contributed by atoms with Crippen LogP contribution in [-0.2, 0) is 0 Å². The van der Waals surface area contributed by atoms with Crippen LogP contribution in [0.3, 0.4) is 0 Å². The fourth-order valence-electron chi connectivity index (χ4n) is 1.83. The van der Waals surface area contributed by atoms with Gasteiger partial charge in [-0.2, -0.15) is 0 Å². The molecular formula is C13H21F. The molecule has 0 aliphatic heterocycles. The van der Waals surface area contributed by atoms with E-state index in [2.05, 4.69) is 13.8 Å². The molecule has 0 N–H and O–H groups in total. The third kappa shape index (κ3) is 3.13. The Balaban J connectivity index is 0.000000791. The number of rotatable bonds is 1. The van der Waals surface area contributed by atoms with E-state index in [9.17, 15) is 4.39 Å². The monoisotopic (exact) mass is 196 g/mol. The van der Waals surface area contributed by atoms with Gasteiger partial charge >= 0.3 is 0 Å². The van der Waals surface area contributed by atoms with Crippen molar-refractivity contribution >= 4 is 0 Å². The fraction of sp³-hybridized carbons (Fsp3) is 0.538. The minimum Gasteiger partial charge on any atom is -0.207 e. The average Bonchev–Trinajstić information content (AvgIpc) is 2.04. The summed E-state index contributed by atoms with van der Waals surface area (Å²) in [4.78, 5) is 0. The minimum atomic E-state index is -0.130. The molecule has 0 aliphatic carbocycles. The van der Waals surface area contributed by atoms with Crippen LogP contribution < -0.4 is 0 Å². The smallest absolute Gasteiger partial charge is 0.123 e. The molecule has 1 aromatic rings. The lowest BCUT2D eigenvalue weighted by Crippen LogP contribution is -1.97. The van der Waals surface area contributed by atoms with Crippen molar-refractivity contribution in [1.29, 1.82) is 0 Å². The highest BCUT2D eigenvalue weighted by atomic mass is 19.1. The van der Waals surface area contributed by atoms with Crippen LogP contribution in [0.4, 0.5) is 4.39 Å². The molecule has 0 aromatic heterocycles. The van der Waals surface area contributed by atoms with Crippen LogP contribution in [0.5, 0.6) is 0 Å². The zero-order chi connectivity index (χ0) is 11.3. The standard InChI is InChI=1S/C11H15F.C2H6/c1-7(2)11-8(3)5-10(12)6-9(11)4;1-2/h5-7H,1-4H3;1-2H3. The summed E-state index contributed by atoms with van der Waals surface area (Å²) in [5.74, 6) is 0.347. The van der Waals surface area contributed by atoms with E-state index in [1.807, 2.05) is 27.7 Å². The van der Waals surface area contributed by atoms with Gasteiger partial charge in [0.05, 0.1) is 0 Å². The van der Waals surface area contributed by atoms with Gasteiger partial charge in [0.15, 0.2) is 0 Å². The summed E-state index contributed by atoms with van der Waals surface area (Å²) in [6.07, 6.45) is 0. The van der Waals surface area contributed by atoms with Crippen LogP contribution >= 0.6 is 0 Å². The lowest BCUT2D eigenvalue weighted by molar-refractivity contribution is 0.623. The second kappa shape index (κ2) is 5.79. The Kier molecular flexibility index (Phi) is 5.44. The molecule has 1 rings (SSSR count). The Hall–Kier alpha value is -0.850. The zero-order valence-electron chi connectivity index (χ0n) is 10.1. The fourth-order valence-corrected chi connectivity index (χ4v) is 1.83. The van der Waals surface area contributed by atoms with E-state index in [1.54, 1.807) is 12.1 Å². The minimum absolute atomic E-state index is 0.130. The summed E-state index contributed by atoms with van der Waals surface area (Å²) in [6, 6.07) is 3.20. The van der Waals surface area contributed by atoms with Gasteiger partial charge in [-0.1, -0.05) is 27.7 Å². The van der Waals surface area contributed by atoms with E-state index in [-0.39, 0.29) is 5.82 Å². The first-order chi connectivity index (χ1) is 6.52. The molecule has 80 valence electrons. The third-order valence-corrected chi connectivity index (χ3v) is 2.14. The van der Waals surface area contributed by atoms with Crippen LogP contribution in [0, 0.1) is 19.7 Å². The van der Waals surface area contributed by atoms with Crippen LogP contribution in [0.2, 0.25) is 0 Å². The molecule has 0 saturated carbocycles. The molecule has 0 unspecified atom stereocenters. The molecule has 0 spiro atoms. The predicted octanol–water partition coefficient (Wildman–Crippen LogP) is 4.59.